The highest BCUT2D eigenvalue weighted by Gasteiger charge is 2.31. The van der Waals surface area contributed by atoms with Crippen LogP contribution in [0.3, 0.4) is 0 Å². The zero-order chi connectivity index (χ0) is 22.4. The van der Waals surface area contributed by atoms with Crippen molar-refractivity contribution in [3.05, 3.63) is 72.5 Å². The number of sulfonamides is 1. The molecule has 0 spiro atoms. The van der Waals surface area contributed by atoms with E-state index in [1.807, 2.05) is 42.5 Å². The number of halogens is 1. The summed E-state index contributed by atoms with van der Waals surface area (Å²) in [6.45, 7) is 2.16. The molecule has 0 saturated carbocycles. The summed E-state index contributed by atoms with van der Waals surface area (Å²) in [5.41, 5.74) is 0.235. The van der Waals surface area contributed by atoms with Gasteiger partial charge in [-0.05, 0) is 53.6 Å². The molecule has 3 aromatic carbocycles. The molecule has 0 aliphatic heterocycles. The lowest BCUT2D eigenvalue weighted by molar-refractivity contribution is -0.122. The minimum Gasteiger partial charge on any atom is -0.492 e. The molecule has 1 unspecified atom stereocenters. The lowest BCUT2D eigenvalue weighted by atomic mass is 10.1. The monoisotopic (exact) mass is 444 g/mol. The van der Waals surface area contributed by atoms with Crippen molar-refractivity contribution in [3.8, 4) is 5.75 Å². The van der Waals surface area contributed by atoms with E-state index >= 15 is 0 Å². The summed E-state index contributed by atoms with van der Waals surface area (Å²) in [6, 6.07) is 17.7. The molecule has 3 aromatic rings. The summed E-state index contributed by atoms with van der Waals surface area (Å²) in [6.07, 6.45) is 1.27. The third-order valence-corrected chi connectivity index (χ3v) is 5.98. The summed E-state index contributed by atoms with van der Waals surface area (Å²) in [7, 11) is -3.76. The first kappa shape index (κ1) is 22.6. The van der Waals surface area contributed by atoms with Gasteiger partial charge in [-0.15, -0.1) is 0 Å². The van der Waals surface area contributed by atoms with Gasteiger partial charge in [0.1, 0.15) is 24.2 Å². The molecule has 8 heteroatoms. The molecule has 164 valence electrons. The van der Waals surface area contributed by atoms with Gasteiger partial charge >= 0.3 is 0 Å². The number of rotatable bonds is 9. The number of fused-ring (bicyclic) bond motifs is 1. The number of hydrogen-bond acceptors (Lipinski definition) is 4. The Morgan fingerprint density at radius 2 is 1.74 bits per heavy atom. The van der Waals surface area contributed by atoms with Crippen LogP contribution >= 0.6 is 0 Å². The molecular formula is C23H25FN2O4S. The molecule has 6 nitrogen and oxygen atoms in total. The van der Waals surface area contributed by atoms with Crippen LogP contribution in [0.5, 0.6) is 5.75 Å². The fraction of sp³-hybridized carbons (Fsp3) is 0.261. The largest absolute Gasteiger partial charge is 0.492 e. The zero-order valence-corrected chi connectivity index (χ0v) is 18.2. The van der Waals surface area contributed by atoms with Gasteiger partial charge in [0.25, 0.3) is 0 Å². The molecule has 0 aliphatic carbocycles. The molecule has 0 fully saturated rings. The van der Waals surface area contributed by atoms with Crippen LogP contribution in [0.1, 0.15) is 13.3 Å². The zero-order valence-electron chi connectivity index (χ0n) is 17.4. The van der Waals surface area contributed by atoms with E-state index in [-0.39, 0.29) is 25.3 Å². The molecule has 1 amide bonds. The Morgan fingerprint density at radius 1 is 1.06 bits per heavy atom. The minimum atomic E-state index is -3.76. The summed E-state index contributed by atoms with van der Waals surface area (Å²) in [5.74, 6) is -0.246. The second kappa shape index (κ2) is 9.78. The highest BCUT2D eigenvalue weighted by atomic mass is 32.2. The predicted molar refractivity (Wildman–Crippen MR) is 120 cm³/mol. The Kier molecular flexibility index (Phi) is 7.12. The first-order valence-corrected chi connectivity index (χ1v) is 11.8. The normalized spacial score (nSPS) is 12.4. The van der Waals surface area contributed by atoms with Crippen molar-refractivity contribution in [1.82, 2.24) is 5.32 Å². The first-order valence-electron chi connectivity index (χ1n) is 9.94. The van der Waals surface area contributed by atoms with Gasteiger partial charge in [0, 0.05) is 0 Å². The number of anilines is 1. The van der Waals surface area contributed by atoms with Crippen molar-refractivity contribution >= 4 is 32.4 Å². The second-order valence-corrected chi connectivity index (χ2v) is 8.97. The van der Waals surface area contributed by atoms with Crippen molar-refractivity contribution in [1.29, 1.82) is 0 Å². The van der Waals surface area contributed by atoms with E-state index in [2.05, 4.69) is 5.32 Å². The van der Waals surface area contributed by atoms with Gasteiger partial charge in [-0.2, -0.15) is 0 Å². The maximum absolute atomic E-state index is 13.3. The average molecular weight is 445 g/mol. The van der Waals surface area contributed by atoms with Gasteiger partial charge < -0.3 is 10.1 Å². The maximum Gasteiger partial charge on any atom is 0.244 e. The predicted octanol–water partition coefficient (Wildman–Crippen LogP) is 3.72. The van der Waals surface area contributed by atoms with Gasteiger partial charge in [-0.3, -0.25) is 9.10 Å². The van der Waals surface area contributed by atoms with Gasteiger partial charge in [0.05, 0.1) is 18.5 Å². The van der Waals surface area contributed by atoms with Crippen molar-refractivity contribution in [2.24, 2.45) is 0 Å². The fourth-order valence-corrected chi connectivity index (χ4v) is 4.58. The Bertz CT molecular complexity index is 1150. The van der Waals surface area contributed by atoms with Crippen LogP contribution in [-0.4, -0.2) is 39.8 Å². The topological polar surface area (TPSA) is 75.7 Å². The van der Waals surface area contributed by atoms with Crippen LogP contribution in [0.4, 0.5) is 10.1 Å². The molecule has 31 heavy (non-hydrogen) atoms. The van der Waals surface area contributed by atoms with Crippen LogP contribution in [0, 0.1) is 5.82 Å². The number of amides is 1. The Morgan fingerprint density at radius 3 is 2.39 bits per heavy atom. The van der Waals surface area contributed by atoms with E-state index in [0.717, 1.165) is 33.5 Å². The molecule has 0 radical (unpaired) electrons. The van der Waals surface area contributed by atoms with Crippen molar-refractivity contribution in [2.45, 2.75) is 19.4 Å². The summed E-state index contributed by atoms with van der Waals surface area (Å²) in [5, 5.41) is 4.89. The second-order valence-electron chi connectivity index (χ2n) is 7.11. The Balaban J connectivity index is 1.63. The van der Waals surface area contributed by atoms with Gasteiger partial charge in [-0.25, -0.2) is 12.8 Å². The van der Waals surface area contributed by atoms with Crippen LogP contribution in [0.2, 0.25) is 0 Å². The molecule has 3 rings (SSSR count). The maximum atomic E-state index is 13.3. The number of carbonyl (C=O) groups excluding carboxylic acids is 1. The molecule has 1 atom stereocenters. The van der Waals surface area contributed by atoms with E-state index in [9.17, 15) is 17.6 Å². The highest BCUT2D eigenvalue weighted by molar-refractivity contribution is 7.92. The number of carbonyl (C=O) groups is 1. The summed E-state index contributed by atoms with van der Waals surface area (Å²) in [4.78, 5) is 12.7. The van der Waals surface area contributed by atoms with E-state index in [4.69, 9.17) is 4.74 Å². The van der Waals surface area contributed by atoms with E-state index in [1.54, 1.807) is 6.92 Å². The summed E-state index contributed by atoms with van der Waals surface area (Å²) >= 11 is 0. The summed E-state index contributed by atoms with van der Waals surface area (Å²) < 4.78 is 44.7. The Hall–Kier alpha value is -3.13. The highest BCUT2D eigenvalue weighted by Crippen LogP contribution is 2.23. The van der Waals surface area contributed by atoms with Crippen molar-refractivity contribution in [2.75, 3.05) is 23.7 Å². The smallest absolute Gasteiger partial charge is 0.244 e. The molecular weight excluding hydrogens is 419 g/mol. The standard InChI is InChI=1S/C23H25FN2O4S/c1-3-22(26(31(2,28)29)20-11-9-19(24)10-12-20)23(27)25-14-15-30-21-13-8-17-6-4-5-7-18(17)16-21/h4-13,16,22H,3,14-15H2,1-2H3,(H,25,27). The number of nitrogens with one attached hydrogen (secondary N) is 1. The van der Waals surface area contributed by atoms with Gasteiger partial charge in [0.15, 0.2) is 0 Å². The van der Waals surface area contributed by atoms with Crippen molar-refractivity contribution in [3.63, 3.8) is 0 Å². The minimum absolute atomic E-state index is 0.211. The van der Waals surface area contributed by atoms with Crippen LogP contribution in [0.15, 0.2) is 66.7 Å². The third-order valence-electron chi connectivity index (χ3n) is 4.80. The quantitative estimate of drug-likeness (QED) is 0.511. The van der Waals surface area contributed by atoms with Crippen LogP contribution in [-0.2, 0) is 14.8 Å². The van der Waals surface area contributed by atoms with Crippen LogP contribution < -0.4 is 14.4 Å². The number of ether oxygens (including phenoxy) is 1. The third kappa shape index (κ3) is 5.73. The number of benzene rings is 3. The average Bonchev–Trinajstić information content (AvgIpc) is 2.74. The first-order chi connectivity index (χ1) is 14.8. The number of nitrogens with zero attached hydrogens (tertiary/aromatic N) is 1. The van der Waals surface area contributed by atoms with E-state index < -0.39 is 27.8 Å². The van der Waals surface area contributed by atoms with Gasteiger partial charge in [-0.1, -0.05) is 37.3 Å². The molecule has 0 aliphatic rings. The lowest BCUT2D eigenvalue weighted by Gasteiger charge is -2.30. The molecule has 0 aromatic heterocycles. The Labute approximate surface area is 181 Å². The van der Waals surface area contributed by atoms with Crippen LogP contribution in [0.25, 0.3) is 10.8 Å². The lowest BCUT2D eigenvalue weighted by Crippen LogP contribution is -2.50. The molecule has 0 heterocycles. The van der Waals surface area contributed by atoms with Crippen molar-refractivity contribution < 1.29 is 22.3 Å². The SMILES string of the molecule is CCC(C(=O)NCCOc1ccc2ccccc2c1)N(c1ccc(F)cc1)S(C)(=O)=O. The number of hydrogen-bond donors (Lipinski definition) is 1. The molecule has 0 bridgehead atoms. The van der Waals surface area contributed by atoms with E-state index in [0.29, 0.717) is 5.75 Å². The fourth-order valence-electron chi connectivity index (χ4n) is 3.37. The van der Waals surface area contributed by atoms with E-state index in [1.165, 1.54) is 12.1 Å². The molecule has 0 saturated heterocycles. The van der Waals surface area contributed by atoms with Gasteiger partial charge in [0.2, 0.25) is 15.9 Å². The molecule has 1 N–H and O–H groups in total.